The smallest absolute Gasteiger partial charge is 0.161 e. The summed E-state index contributed by atoms with van der Waals surface area (Å²) >= 11 is 0. The number of nitrogens with two attached hydrogens (primary N) is 1. The predicted octanol–water partition coefficient (Wildman–Crippen LogP) is 2.43. The molecule has 1 aliphatic heterocycles. The number of benzene rings is 1. The van der Waals surface area contributed by atoms with Crippen LogP contribution in [0.3, 0.4) is 0 Å². The minimum absolute atomic E-state index is 0.254. The lowest BCUT2D eigenvalue weighted by molar-refractivity contribution is 0.171. The lowest BCUT2D eigenvalue weighted by atomic mass is 9.86. The molecular formula is C13H19NO2. The van der Waals surface area contributed by atoms with Crippen molar-refractivity contribution < 1.29 is 9.47 Å². The zero-order chi connectivity index (χ0) is 11.6. The molecule has 0 aliphatic carbocycles. The second-order valence-corrected chi connectivity index (χ2v) is 4.22. The zero-order valence-electron chi connectivity index (χ0n) is 9.95. The molecule has 0 aromatic heterocycles. The molecule has 0 radical (unpaired) electrons. The molecule has 0 unspecified atom stereocenters. The van der Waals surface area contributed by atoms with Crippen LogP contribution in [0.5, 0.6) is 11.5 Å². The highest BCUT2D eigenvalue weighted by atomic mass is 16.6. The van der Waals surface area contributed by atoms with E-state index in [1.54, 1.807) is 0 Å². The molecule has 3 nitrogen and oxygen atoms in total. The Morgan fingerprint density at radius 1 is 1.12 bits per heavy atom. The quantitative estimate of drug-likeness (QED) is 0.852. The minimum atomic E-state index is -0.254. The van der Waals surface area contributed by atoms with Crippen molar-refractivity contribution in [3.05, 3.63) is 23.8 Å². The van der Waals surface area contributed by atoms with Crippen LogP contribution in [0.4, 0.5) is 0 Å². The Hall–Kier alpha value is -1.22. The fourth-order valence-electron chi connectivity index (χ4n) is 2.01. The van der Waals surface area contributed by atoms with Gasteiger partial charge in [-0.2, -0.15) is 0 Å². The lowest BCUT2D eigenvalue weighted by Gasteiger charge is -2.29. The maximum Gasteiger partial charge on any atom is 0.161 e. The molecule has 0 saturated carbocycles. The molecule has 1 aliphatic rings. The first-order valence-corrected chi connectivity index (χ1v) is 5.88. The normalized spacial score (nSPS) is 14.9. The van der Waals surface area contributed by atoms with Gasteiger partial charge in [-0.05, 0) is 30.5 Å². The molecule has 3 heteroatoms. The van der Waals surface area contributed by atoms with E-state index < -0.39 is 0 Å². The topological polar surface area (TPSA) is 44.5 Å². The second-order valence-electron chi connectivity index (χ2n) is 4.22. The van der Waals surface area contributed by atoms with Crippen LogP contribution >= 0.6 is 0 Å². The lowest BCUT2D eigenvalue weighted by Crippen LogP contribution is -2.35. The van der Waals surface area contributed by atoms with E-state index in [4.69, 9.17) is 15.2 Å². The average molecular weight is 221 g/mol. The molecule has 0 fully saturated rings. The minimum Gasteiger partial charge on any atom is -0.486 e. The van der Waals surface area contributed by atoms with Gasteiger partial charge in [0.25, 0.3) is 0 Å². The van der Waals surface area contributed by atoms with E-state index in [9.17, 15) is 0 Å². The number of hydrogen-bond acceptors (Lipinski definition) is 3. The van der Waals surface area contributed by atoms with Gasteiger partial charge in [-0.1, -0.05) is 19.9 Å². The van der Waals surface area contributed by atoms with Crippen LogP contribution in [0.15, 0.2) is 18.2 Å². The molecule has 0 saturated heterocycles. The van der Waals surface area contributed by atoms with Crippen molar-refractivity contribution in [2.24, 2.45) is 5.73 Å². The second kappa shape index (κ2) is 4.34. The van der Waals surface area contributed by atoms with Gasteiger partial charge in [0.2, 0.25) is 0 Å². The van der Waals surface area contributed by atoms with E-state index in [1.165, 1.54) is 0 Å². The number of fused-ring (bicyclic) bond motifs is 1. The van der Waals surface area contributed by atoms with Gasteiger partial charge < -0.3 is 15.2 Å². The van der Waals surface area contributed by atoms with Crippen molar-refractivity contribution in [2.45, 2.75) is 32.2 Å². The van der Waals surface area contributed by atoms with E-state index in [0.29, 0.717) is 13.2 Å². The van der Waals surface area contributed by atoms with Crippen LogP contribution in [0, 0.1) is 0 Å². The first-order chi connectivity index (χ1) is 7.69. The summed E-state index contributed by atoms with van der Waals surface area (Å²) < 4.78 is 11.1. The molecule has 0 spiro atoms. The third-order valence-electron chi connectivity index (χ3n) is 3.38. The van der Waals surface area contributed by atoms with Gasteiger partial charge in [-0.25, -0.2) is 0 Å². The average Bonchev–Trinajstić information content (AvgIpc) is 2.37. The largest absolute Gasteiger partial charge is 0.486 e. The summed E-state index contributed by atoms with van der Waals surface area (Å²) in [7, 11) is 0. The summed E-state index contributed by atoms with van der Waals surface area (Å²) in [6.07, 6.45) is 1.84. The van der Waals surface area contributed by atoms with Crippen molar-refractivity contribution >= 4 is 0 Å². The van der Waals surface area contributed by atoms with Crippen LogP contribution in [0.1, 0.15) is 32.3 Å². The highest BCUT2D eigenvalue weighted by Gasteiger charge is 2.24. The van der Waals surface area contributed by atoms with Crippen LogP contribution in [0.25, 0.3) is 0 Å². The van der Waals surface area contributed by atoms with E-state index in [-0.39, 0.29) is 5.54 Å². The van der Waals surface area contributed by atoms with Gasteiger partial charge in [0.05, 0.1) is 0 Å². The standard InChI is InChI=1S/C13H19NO2/c1-3-13(14,4-2)10-5-6-11-12(9-10)16-8-7-15-11/h5-6,9H,3-4,7-8,14H2,1-2H3. The summed E-state index contributed by atoms with van der Waals surface area (Å²) in [5, 5.41) is 0. The summed E-state index contributed by atoms with van der Waals surface area (Å²) in [4.78, 5) is 0. The highest BCUT2D eigenvalue weighted by Crippen LogP contribution is 2.35. The molecule has 2 N–H and O–H groups in total. The molecular weight excluding hydrogens is 202 g/mol. The Kier molecular flexibility index (Phi) is 3.06. The number of hydrogen-bond donors (Lipinski definition) is 1. The molecule has 16 heavy (non-hydrogen) atoms. The van der Waals surface area contributed by atoms with Gasteiger partial charge in [0, 0.05) is 5.54 Å². The molecule has 2 rings (SSSR count). The van der Waals surface area contributed by atoms with Crippen molar-refractivity contribution in [3.8, 4) is 11.5 Å². The third kappa shape index (κ3) is 1.87. The number of ether oxygens (including phenoxy) is 2. The van der Waals surface area contributed by atoms with Crippen LogP contribution in [0.2, 0.25) is 0 Å². The molecule has 0 bridgehead atoms. The monoisotopic (exact) mass is 221 g/mol. The van der Waals surface area contributed by atoms with Gasteiger partial charge in [-0.15, -0.1) is 0 Å². The maximum atomic E-state index is 6.35. The molecule has 1 aromatic carbocycles. The summed E-state index contributed by atoms with van der Waals surface area (Å²) in [5.41, 5.74) is 7.23. The zero-order valence-corrected chi connectivity index (χ0v) is 9.95. The Bertz CT molecular complexity index is 372. The van der Waals surface area contributed by atoms with E-state index in [0.717, 1.165) is 29.9 Å². The first kappa shape index (κ1) is 11.3. The summed E-state index contributed by atoms with van der Waals surface area (Å²) in [6, 6.07) is 6.01. The third-order valence-corrected chi connectivity index (χ3v) is 3.38. The fraction of sp³-hybridized carbons (Fsp3) is 0.538. The maximum absolute atomic E-state index is 6.35. The Balaban J connectivity index is 2.36. The SMILES string of the molecule is CCC(N)(CC)c1ccc2c(c1)OCCO2. The molecule has 88 valence electrons. The van der Waals surface area contributed by atoms with E-state index >= 15 is 0 Å². The van der Waals surface area contributed by atoms with Gasteiger partial charge in [-0.3, -0.25) is 0 Å². The molecule has 0 atom stereocenters. The van der Waals surface area contributed by atoms with Crippen molar-refractivity contribution in [1.82, 2.24) is 0 Å². The van der Waals surface area contributed by atoms with Crippen LogP contribution in [-0.4, -0.2) is 13.2 Å². The fourth-order valence-corrected chi connectivity index (χ4v) is 2.01. The molecule has 0 amide bonds. The Morgan fingerprint density at radius 2 is 1.75 bits per heavy atom. The van der Waals surface area contributed by atoms with Crippen molar-refractivity contribution in [2.75, 3.05) is 13.2 Å². The molecule has 1 aromatic rings. The van der Waals surface area contributed by atoms with Gasteiger partial charge in [0.1, 0.15) is 13.2 Å². The van der Waals surface area contributed by atoms with E-state index in [1.807, 2.05) is 18.2 Å². The van der Waals surface area contributed by atoms with Gasteiger partial charge in [0.15, 0.2) is 11.5 Å². The number of rotatable bonds is 3. The Labute approximate surface area is 96.5 Å². The highest BCUT2D eigenvalue weighted by molar-refractivity contribution is 5.45. The predicted molar refractivity (Wildman–Crippen MR) is 63.9 cm³/mol. The van der Waals surface area contributed by atoms with Crippen molar-refractivity contribution in [3.63, 3.8) is 0 Å². The first-order valence-electron chi connectivity index (χ1n) is 5.88. The summed E-state index contributed by atoms with van der Waals surface area (Å²) in [5.74, 6) is 1.64. The van der Waals surface area contributed by atoms with Crippen molar-refractivity contribution in [1.29, 1.82) is 0 Å². The Morgan fingerprint density at radius 3 is 2.38 bits per heavy atom. The van der Waals surface area contributed by atoms with E-state index in [2.05, 4.69) is 13.8 Å². The summed E-state index contributed by atoms with van der Waals surface area (Å²) in [6.45, 7) is 5.47. The van der Waals surface area contributed by atoms with Crippen LogP contribution in [-0.2, 0) is 5.54 Å². The molecule has 1 heterocycles. The van der Waals surface area contributed by atoms with Crippen LogP contribution < -0.4 is 15.2 Å². The van der Waals surface area contributed by atoms with Gasteiger partial charge >= 0.3 is 0 Å².